The van der Waals surface area contributed by atoms with Crippen LogP contribution in [0.1, 0.15) is 52.1 Å². The average Bonchev–Trinajstić information content (AvgIpc) is 3.02. The van der Waals surface area contributed by atoms with Gasteiger partial charge in [0.05, 0.1) is 11.5 Å². The zero-order chi connectivity index (χ0) is 21.3. The van der Waals surface area contributed by atoms with Crippen molar-refractivity contribution in [2.24, 2.45) is 10.8 Å². The molecule has 1 heterocycles. The summed E-state index contributed by atoms with van der Waals surface area (Å²) in [4.78, 5) is 26.2. The fourth-order valence-corrected chi connectivity index (χ4v) is 5.65. The van der Waals surface area contributed by atoms with E-state index in [2.05, 4.69) is 35.6 Å². The molecule has 1 saturated carbocycles. The minimum atomic E-state index is -1.10. The Hall–Kier alpha value is -2.88. The predicted octanol–water partition coefficient (Wildman–Crippen LogP) is 5.29. The van der Waals surface area contributed by atoms with Crippen molar-refractivity contribution < 1.29 is 14.3 Å². The summed E-state index contributed by atoms with van der Waals surface area (Å²) in [5.74, 6) is -0.441. The number of amides is 1. The van der Waals surface area contributed by atoms with Crippen LogP contribution in [-0.2, 0) is 14.3 Å². The first kappa shape index (κ1) is 19.1. The third-order valence-electron chi connectivity index (χ3n) is 8.04. The van der Waals surface area contributed by atoms with Crippen LogP contribution in [0.4, 0.5) is 0 Å². The summed E-state index contributed by atoms with van der Waals surface area (Å²) in [5.41, 5.74) is -1.18. The van der Waals surface area contributed by atoms with Crippen molar-refractivity contribution >= 4 is 33.4 Å². The summed E-state index contributed by atoms with van der Waals surface area (Å²) >= 11 is 0. The maximum atomic E-state index is 13.6. The van der Waals surface area contributed by atoms with E-state index in [1.807, 2.05) is 52.0 Å². The molecule has 30 heavy (non-hydrogen) atoms. The van der Waals surface area contributed by atoms with Crippen molar-refractivity contribution in [1.82, 2.24) is 5.32 Å². The molecule has 3 aromatic carbocycles. The highest BCUT2D eigenvalue weighted by molar-refractivity contribution is 6.03. The summed E-state index contributed by atoms with van der Waals surface area (Å²) < 4.78 is 5.79. The maximum absolute atomic E-state index is 13.6. The van der Waals surface area contributed by atoms with Crippen LogP contribution < -0.4 is 5.32 Å². The third-order valence-corrected chi connectivity index (χ3v) is 8.04. The van der Waals surface area contributed by atoms with Gasteiger partial charge >= 0.3 is 5.97 Å². The van der Waals surface area contributed by atoms with E-state index in [0.29, 0.717) is 12.8 Å². The molecule has 0 aromatic heterocycles. The molecule has 0 unspecified atom stereocenters. The molecule has 1 N–H and O–H groups in total. The van der Waals surface area contributed by atoms with E-state index in [4.69, 9.17) is 4.74 Å². The smallest absolute Gasteiger partial charge is 0.313 e. The highest BCUT2D eigenvalue weighted by atomic mass is 16.6. The summed E-state index contributed by atoms with van der Waals surface area (Å²) in [6, 6.07) is 18.5. The number of carbonyl (C=O) groups is 2. The van der Waals surface area contributed by atoms with Gasteiger partial charge in [-0.05, 0) is 59.9 Å². The van der Waals surface area contributed by atoms with Crippen molar-refractivity contribution in [3.63, 3.8) is 0 Å². The quantitative estimate of drug-likeness (QED) is 0.479. The second-order valence-electron chi connectivity index (χ2n) is 9.60. The molecule has 1 amide bonds. The van der Waals surface area contributed by atoms with Gasteiger partial charge < -0.3 is 10.1 Å². The molecular formula is C26H27NO3. The first-order valence-corrected chi connectivity index (χ1v) is 10.7. The first-order valence-electron chi connectivity index (χ1n) is 10.7. The number of esters is 1. The van der Waals surface area contributed by atoms with Crippen LogP contribution in [0.5, 0.6) is 0 Å². The van der Waals surface area contributed by atoms with Crippen LogP contribution in [0.2, 0.25) is 0 Å². The SMILES string of the molecule is C[C@H](NC(=O)[C@@]12CC[C@@](C)(C(=O)O1)C2(C)C)c1c2ccccc2cc2ccccc12. The number of rotatable bonds is 3. The maximum Gasteiger partial charge on any atom is 0.313 e. The molecule has 3 aromatic rings. The molecule has 3 atom stereocenters. The van der Waals surface area contributed by atoms with E-state index in [-0.39, 0.29) is 17.9 Å². The number of benzene rings is 3. The van der Waals surface area contributed by atoms with Crippen LogP contribution in [0, 0.1) is 10.8 Å². The monoisotopic (exact) mass is 401 g/mol. The Bertz CT molecular complexity index is 1160. The number of hydrogen-bond acceptors (Lipinski definition) is 3. The predicted molar refractivity (Wildman–Crippen MR) is 118 cm³/mol. The van der Waals surface area contributed by atoms with Crippen LogP contribution in [-0.4, -0.2) is 17.5 Å². The van der Waals surface area contributed by atoms with Crippen LogP contribution in [0.25, 0.3) is 21.5 Å². The zero-order valence-corrected chi connectivity index (χ0v) is 17.9. The van der Waals surface area contributed by atoms with E-state index >= 15 is 0 Å². The fraction of sp³-hybridized carbons (Fsp3) is 0.385. The van der Waals surface area contributed by atoms with Crippen molar-refractivity contribution in [3.05, 3.63) is 60.2 Å². The first-order chi connectivity index (χ1) is 14.2. The molecule has 1 aliphatic carbocycles. The topological polar surface area (TPSA) is 55.4 Å². The Labute approximate surface area is 176 Å². The molecule has 1 aliphatic heterocycles. The van der Waals surface area contributed by atoms with Gasteiger partial charge in [-0.1, -0.05) is 62.4 Å². The van der Waals surface area contributed by atoms with E-state index in [0.717, 1.165) is 27.1 Å². The van der Waals surface area contributed by atoms with Crippen molar-refractivity contribution in [1.29, 1.82) is 0 Å². The molecule has 5 rings (SSSR count). The number of ether oxygens (including phenoxy) is 1. The Balaban J connectivity index is 1.58. The van der Waals surface area contributed by atoms with E-state index in [9.17, 15) is 9.59 Å². The Morgan fingerprint density at radius 1 is 0.967 bits per heavy atom. The fourth-order valence-electron chi connectivity index (χ4n) is 5.65. The van der Waals surface area contributed by atoms with Crippen LogP contribution >= 0.6 is 0 Å². The molecule has 4 nitrogen and oxygen atoms in total. The van der Waals surface area contributed by atoms with Crippen molar-refractivity contribution in [2.45, 2.75) is 52.2 Å². The highest BCUT2D eigenvalue weighted by Gasteiger charge is 2.75. The summed E-state index contributed by atoms with van der Waals surface area (Å²) in [6.45, 7) is 7.92. The minimum absolute atomic E-state index is 0.188. The Morgan fingerprint density at radius 3 is 2.03 bits per heavy atom. The molecule has 1 saturated heterocycles. The van der Waals surface area contributed by atoms with Gasteiger partial charge in [-0.2, -0.15) is 0 Å². The molecule has 0 spiro atoms. The summed E-state index contributed by atoms with van der Waals surface area (Å²) in [7, 11) is 0. The van der Waals surface area contributed by atoms with Gasteiger partial charge in [-0.15, -0.1) is 0 Å². The standard InChI is InChI=1S/C26H27NO3/c1-16(27-22(28)26-14-13-25(4,23(29)30-26)24(26,2)3)21-19-11-7-5-9-17(19)15-18-10-6-8-12-20(18)21/h5-12,15-16H,13-14H2,1-4H3,(H,27,28)/t16-,25-,26+/m0/s1. The van der Waals surface area contributed by atoms with Crippen LogP contribution in [0.15, 0.2) is 54.6 Å². The number of nitrogens with one attached hydrogen (secondary N) is 1. The largest absolute Gasteiger partial charge is 0.448 e. The van der Waals surface area contributed by atoms with E-state index < -0.39 is 16.4 Å². The molecule has 154 valence electrons. The van der Waals surface area contributed by atoms with Gasteiger partial charge in [0.15, 0.2) is 5.60 Å². The lowest BCUT2D eigenvalue weighted by Gasteiger charge is -2.36. The normalized spacial score (nSPS) is 27.9. The van der Waals surface area contributed by atoms with Gasteiger partial charge in [0.25, 0.3) is 5.91 Å². The molecule has 2 aliphatic rings. The minimum Gasteiger partial charge on any atom is -0.448 e. The highest BCUT2D eigenvalue weighted by Crippen LogP contribution is 2.65. The lowest BCUT2D eigenvalue weighted by Crippen LogP contribution is -2.53. The Morgan fingerprint density at radius 2 is 1.53 bits per heavy atom. The number of fused-ring (bicyclic) bond motifs is 4. The lowest BCUT2D eigenvalue weighted by atomic mass is 9.66. The van der Waals surface area contributed by atoms with Crippen molar-refractivity contribution in [2.75, 3.05) is 0 Å². The summed E-state index contributed by atoms with van der Waals surface area (Å²) in [5, 5.41) is 7.76. The van der Waals surface area contributed by atoms with Gasteiger partial charge in [0.2, 0.25) is 0 Å². The summed E-state index contributed by atoms with van der Waals surface area (Å²) in [6.07, 6.45) is 1.24. The van der Waals surface area contributed by atoms with Gasteiger partial charge in [0.1, 0.15) is 0 Å². The third kappa shape index (κ3) is 2.22. The second-order valence-corrected chi connectivity index (χ2v) is 9.60. The molecule has 2 bridgehead atoms. The van der Waals surface area contributed by atoms with Crippen LogP contribution in [0.3, 0.4) is 0 Å². The average molecular weight is 402 g/mol. The lowest BCUT2D eigenvalue weighted by molar-refractivity contribution is -0.168. The van der Waals surface area contributed by atoms with Gasteiger partial charge in [-0.3, -0.25) is 9.59 Å². The zero-order valence-electron chi connectivity index (χ0n) is 17.9. The van der Waals surface area contributed by atoms with Gasteiger partial charge in [-0.25, -0.2) is 0 Å². The van der Waals surface area contributed by atoms with E-state index in [1.54, 1.807) is 0 Å². The van der Waals surface area contributed by atoms with Gasteiger partial charge in [0, 0.05) is 5.41 Å². The molecule has 0 radical (unpaired) electrons. The molecular weight excluding hydrogens is 374 g/mol. The van der Waals surface area contributed by atoms with E-state index in [1.165, 1.54) is 0 Å². The number of hydrogen-bond donors (Lipinski definition) is 1. The molecule has 2 fully saturated rings. The van der Waals surface area contributed by atoms with Crippen molar-refractivity contribution in [3.8, 4) is 0 Å². The molecule has 4 heteroatoms. The second kappa shape index (κ2) is 6.07. The Kier molecular flexibility index (Phi) is 3.86. The number of carbonyl (C=O) groups excluding carboxylic acids is 2.